The summed E-state index contributed by atoms with van der Waals surface area (Å²) >= 11 is 0. The first-order valence-electron chi connectivity index (χ1n) is 11.7. The lowest BCUT2D eigenvalue weighted by atomic mass is 9.93. The lowest BCUT2D eigenvalue weighted by molar-refractivity contribution is 0.0599. The molecule has 3 heterocycles. The first kappa shape index (κ1) is 21.6. The Morgan fingerprint density at radius 3 is 2.79 bits per heavy atom. The molecule has 0 aliphatic heterocycles. The molecular formula is C25H30N6O2. The van der Waals surface area contributed by atoms with Gasteiger partial charge in [0.1, 0.15) is 0 Å². The van der Waals surface area contributed by atoms with Crippen LogP contribution in [0.5, 0.6) is 0 Å². The number of nitrogens with one attached hydrogen (secondary N) is 2. The fourth-order valence-corrected chi connectivity index (χ4v) is 4.74. The minimum atomic E-state index is -0.0726. The standard InChI is InChI=1S/C25H30N6O2/c1-15(2)28-25-26-13-20-19(8-9-22(20)30-25)16-10-11-31-23(12-16)21(14-27-31)24(32)29-17-4-6-18(33-3)7-5-17/h8,10-15,17-18H,4-7,9H2,1-3H3,(H,29,32)(H,26,28,30)/t17-,18-. The molecule has 172 valence electrons. The monoisotopic (exact) mass is 446 g/mol. The molecule has 2 N–H and O–H groups in total. The molecule has 8 heteroatoms. The van der Waals surface area contributed by atoms with Gasteiger partial charge >= 0.3 is 0 Å². The van der Waals surface area contributed by atoms with Gasteiger partial charge in [0.2, 0.25) is 5.95 Å². The number of carbonyl (C=O) groups excluding carboxylic acids is 1. The number of amides is 1. The molecular weight excluding hydrogens is 416 g/mol. The molecule has 1 saturated carbocycles. The van der Waals surface area contributed by atoms with Gasteiger partial charge in [-0.25, -0.2) is 14.5 Å². The van der Waals surface area contributed by atoms with Crippen molar-refractivity contribution in [1.29, 1.82) is 0 Å². The average molecular weight is 447 g/mol. The summed E-state index contributed by atoms with van der Waals surface area (Å²) in [6.45, 7) is 4.14. The zero-order valence-corrected chi connectivity index (χ0v) is 19.3. The Morgan fingerprint density at radius 2 is 2.03 bits per heavy atom. The van der Waals surface area contributed by atoms with Crippen LogP contribution >= 0.6 is 0 Å². The number of aromatic nitrogens is 4. The number of hydrogen-bond donors (Lipinski definition) is 2. The Hall–Kier alpha value is -3.26. The largest absolute Gasteiger partial charge is 0.381 e. The van der Waals surface area contributed by atoms with E-state index in [1.54, 1.807) is 17.8 Å². The third-order valence-corrected chi connectivity index (χ3v) is 6.50. The fourth-order valence-electron chi connectivity index (χ4n) is 4.74. The molecule has 2 aliphatic carbocycles. The number of ether oxygens (including phenoxy) is 1. The maximum Gasteiger partial charge on any atom is 0.255 e. The lowest BCUT2D eigenvalue weighted by Crippen LogP contribution is -2.38. The molecule has 3 aromatic heterocycles. The van der Waals surface area contributed by atoms with E-state index >= 15 is 0 Å². The van der Waals surface area contributed by atoms with Crippen molar-refractivity contribution in [2.45, 2.75) is 64.1 Å². The molecule has 0 bridgehead atoms. The SMILES string of the molecule is CO[C@H]1CC[C@H](NC(=O)c2cnn3ccc(C4=CCc5nc(NC(C)C)ncc54)cc23)CC1. The predicted octanol–water partition coefficient (Wildman–Crippen LogP) is 3.62. The molecule has 0 aromatic carbocycles. The Morgan fingerprint density at radius 1 is 1.21 bits per heavy atom. The highest BCUT2D eigenvalue weighted by Gasteiger charge is 2.24. The van der Waals surface area contributed by atoms with Gasteiger partial charge < -0.3 is 15.4 Å². The number of allylic oxidation sites excluding steroid dienone is 1. The van der Waals surface area contributed by atoms with Crippen LogP contribution in [0.2, 0.25) is 0 Å². The number of hydrogen-bond acceptors (Lipinski definition) is 6. The number of rotatable bonds is 6. The van der Waals surface area contributed by atoms with Crippen LogP contribution in [-0.4, -0.2) is 50.8 Å². The molecule has 3 aromatic rings. The maximum atomic E-state index is 13.1. The van der Waals surface area contributed by atoms with Gasteiger partial charge in [-0.3, -0.25) is 4.79 Å². The van der Waals surface area contributed by atoms with Gasteiger partial charge in [-0.2, -0.15) is 5.10 Å². The highest BCUT2D eigenvalue weighted by molar-refractivity contribution is 6.01. The van der Waals surface area contributed by atoms with Crippen molar-refractivity contribution in [3.8, 4) is 0 Å². The molecule has 8 nitrogen and oxygen atoms in total. The Balaban J connectivity index is 1.37. The Bertz CT molecular complexity index is 1210. The van der Waals surface area contributed by atoms with Crippen molar-refractivity contribution in [3.05, 3.63) is 59.2 Å². The van der Waals surface area contributed by atoms with E-state index in [1.807, 2.05) is 24.5 Å². The first-order valence-corrected chi connectivity index (χ1v) is 11.7. The molecule has 2 aliphatic rings. The molecule has 0 saturated heterocycles. The van der Waals surface area contributed by atoms with Gasteiger partial charge in [0, 0.05) is 43.6 Å². The van der Waals surface area contributed by atoms with Gasteiger partial charge in [-0.15, -0.1) is 0 Å². The molecule has 5 rings (SSSR count). The Kier molecular flexibility index (Phi) is 5.85. The summed E-state index contributed by atoms with van der Waals surface area (Å²) in [6, 6.07) is 4.51. The third-order valence-electron chi connectivity index (χ3n) is 6.50. The second-order valence-corrected chi connectivity index (χ2v) is 9.16. The van der Waals surface area contributed by atoms with Gasteiger partial charge in [0.15, 0.2) is 0 Å². The zero-order chi connectivity index (χ0) is 22.9. The highest BCUT2D eigenvalue weighted by atomic mass is 16.5. The Labute approximate surface area is 193 Å². The van der Waals surface area contributed by atoms with Crippen LogP contribution in [0.25, 0.3) is 11.1 Å². The van der Waals surface area contributed by atoms with Gasteiger partial charge in [0.05, 0.1) is 29.1 Å². The second-order valence-electron chi connectivity index (χ2n) is 9.16. The van der Waals surface area contributed by atoms with E-state index in [1.165, 1.54) is 0 Å². The summed E-state index contributed by atoms with van der Waals surface area (Å²) in [5.74, 6) is 0.583. The minimum Gasteiger partial charge on any atom is -0.381 e. The van der Waals surface area contributed by atoms with Gasteiger partial charge in [-0.1, -0.05) is 6.08 Å². The van der Waals surface area contributed by atoms with E-state index in [4.69, 9.17) is 4.74 Å². The summed E-state index contributed by atoms with van der Waals surface area (Å²) in [6.07, 6.45) is 12.5. The quantitative estimate of drug-likeness (QED) is 0.601. The smallest absolute Gasteiger partial charge is 0.255 e. The molecule has 1 amide bonds. The van der Waals surface area contributed by atoms with Crippen LogP contribution in [0, 0.1) is 0 Å². The summed E-state index contributed by atoms with van der Waals surface area (Å²) < 4.78 is 7.19. The van der Waals surface area contributed by atoms with Crippen molar-refractivity contribution >= 4 is 22.9 Å². The van der Waals surface area contributed by atoms with E-state index < -0.39 is 0 Å². The molecule has 33 heavy (non-hydrogen) atoms. The molecule has 0 radical (unpaired) electrons. The van der Waals surface area contributed by atoms with Crippen molar-refractivity contribution in [2.24, 2.45) is 0 Å². The predicted molar refractivity (Wildman–Crippen MR) is 127 cm³/mol. The summed E-state index contributed by atoms with van der Waals surface area (Å²) in [5.41, 5.74) is 5.56. The van der Waals surface area contributed by atoms with Crippen molar-refractivity contribution in [3.63, 3.8) is 0 Å². The number of carbonyl (C=O) groups is 1. The highest BCUT2D eigenvalue weighted by Crippen LogP contribution is 2.32. The zero-order valence-electron chi connectivity index (χ0n) is 19.3. The maximum absolute atomic E-state index is 13.1. The number of nitrogens with zero attached hydrogens (tertiary/aromatic N) is 4. The number of pyridine rings is 1. The van der Waals surface area contributed by atoms with Crippen LogP contribution in [0.1, 0.15) is 66.7 Å². The summed E-state index contributed by atoms with van der Waals surface area (Å²) in [5, 5.41) is 10.8. The molecule has 0 atom stereocenters. The van der Waals surface area contributed by atoms with E-state index in [-0.39, 0.29) is 18.0 Å². The van der Waals surface area contributed by atoms with Crippen LogP contribution in [-0.2, 0) is 11.2 Å². The van der Waals surface area contributed by atoms with Crippen LogP contribution in [0.4, 0.5) is 5.95 Å². The first-order chi connectivity index (χ1) is 16.0. The van der Waals surface area contributed by atoms with Gasteiger partial charge in [0.25, 0.3) is 5.91 Å². The van der Waals surface area contributed by atoms with E-state index in [0.717, 1.165) is 60.0 Å². The van der Waals surface area contributed by atoms with E-state index in [0.29, 0.717) is 17.6 Å². The molecule has 0 unspecified atom stereocenters. The summed E-state index contributed by atoms with van der Waals surface area (Å²) in [4.78, 5) is 22.2. The lowest BCUT2D eigenvalue weighted by Gasteiger charge is -2.28. The number of methoxy groups -OCH3 is 1. The van der Waals surface area contributed by atoms with E-state index in [9.17, 15) is 4.79 Å². The minimum absolute atomic E-state index is 0.0726. The second kappa shape index (κ2) is 8.94. The van der Waals surface area contributed by atoms with Crippen LogP contribution < -0.4 is 10.6 Å². The average Bonchev–Trinajstić information content (AvgIpc) is 3.42. The normalized spacial score (nSPS) is 20.1. The topological polar surface area (TPSA) is 93.4 Å². The van der Waals surface area contributed by atoms with E-state index in [2.05, 4.69) is 45.6 Å². The van der Waals surface area contributed by atoms with Crippen molar-refractivity contribution < 1.29 is 9.53 Å². The van der Waals surface area contributed by atoms with Crippen LogP contribution in [0.15, 0.2) is 36.8 Å². The molecule has 0 spiro atoms. The fraction of sp³-hybridized carbons (Fsp3) is 0.440. The van der Waals surface area contributed by atoms with Crippen molar-refractivity contribution in [1.82, 2.24) is 24.9 Å². The number of fused-ring (bicyclic) bond motifs is 2. The third kappa shape index (κ3) is 4.35. The molecule has 1 fully saturated rings. The number of anilines is 1. The van der Waals surface area contributed by atoms with Gasteiger partial charge in [-0.05, 0) is 62.8 Å². The summed E-state index contributed by atoms with van der Waals surface area (Å²) in [7, 11) is 1.76. The van der Waals surface area contributed by atoms with Crippen LogP contribution in [0.3, 0.4) is 0 Å². The van der Waals surface area contributed by atoms with Crippen molar-refractivity contribution in [2.75, 3.05) is 12.4 Å².